The van der Waals surface area contributed by atoms with Gasteiger partial charge in [-0.25, -0.2) is 0 Å². The number of rotatable bonds is 3. The van der Waals surface area contributed by atoms with Crippen molar-refractivity contribution in [1.29, 1.82) is 0 Å². The van der Waals surface area contributed by atoms with Crippen LogP contribution in [0, 0.1) is 22.7 Å². The molecule has 0 heterocycles. The van der Waals surface area contributed by atoms with Crippen molar-refractivity contribution >= 4 is 0 Å². The summed E-state index contributed by atoms with van der Waals surface area (Å²) in [5.41, 5.74) is 1.29. The van der Waals surface area contributed by atoms with E-state index in [4.69, 9.17) is 0 Å². The minimum absolute atomic E-state index is 0.622. The van der Waals surface area contributed by atoms with Gasteiger partial charge >= 0.3 is 0 Å². The van der Waals surface area contributed by atoms with E-state index in [1.165, 1.54) is 12.8 Å². The van der Waals surface area contributed by atoms with E-state index in [0.717, 1.165) is 11.8 Å². The first-order chi connectivity index (χ1) is 5.47. The molecule has 2 atom stereocenters. The first-order valence-electron chi connectivity index (χ1n) is 5.47. The molecule has 1 aliphatic carbocycles. The van der Waals surface area contributed by atoms with Crippen LogP contribution in [-0.4, -0.2) is 0 Å². The van der Waals surface area contributed by atoms with Crippen LogP contribution < -0.4 is 0 Å². The van der Waals surface area contributed by atoms with Crippen LogP contribution in [0.3, 0.4) is 0 Å². The maximum absolute atomic E-state index is 2.48. The lowest BCUT2D eigenvalue weighted by Crippen LogP contribution is -2.15. The van der Waals surface area contributed by atoms with E-state index in [1.807, 2.05) is 0 Å². The Hall–Kier alpha value is 0. The van der Waals surface area contributed by atoms with Gasteiger partial charge in [0.25, 0.3) is 0 Å². The van der Waals surface area contributed by atoms with Crippen LogP contribution in [0.5, 0.6) is 0 Å². The average Bonchev–Trinajstić information content (AvgIpc) is 2.53. The summed E-state index contributed by atoms with van der Waals surface area (Å²) in [6.07, 6.45) is 2.72. The molecule has 12 heavy (non-hydrogen) atoms. The summed E-state index contributed by atoms with van der Waals surface area (Å²) in [5, 5.41) is 0. The minimum atomic E-state index is 0.622. The smallest absolute Gasteiger partial charge is 0.0212 e. The zero-order valence-corrected chi connectivity index (χ0v) is 9.57. The van der Waals surface area contributed by atoms with Crippen molar-refractivity contribution in [3.63, 3.8) is 0 Å². The number of hydrogen-bond acceptors (Lipinski definition) is 0. The standard InChI is InChI=1S/C12H24/c1-7-12(8-2)10(5)11(12,6)9(3)4/h9-10H,7-8H2,1-6H3. The van der Waals surface area contributed by atoms with E-state index < -0.39 is 0 Å². The molecule has 0 bridgehead atoms. The summed E-state index contributed by atoms with van der Waals surface area (Å²) in [5.74, 6) is 1.77. The van der Waals surface area contributed by atoms with Gasteiger partial charge in [-0.15, -0.1) is 0 Å². The highest BCUT2D eigenvalue weighted by Crippen LogP contribution is 2.75. The van der Waals surface area contributed by atoms with Crippen LogP contribution in [0.25, 0.3) is 0 Å². The van der Waals surface area contributed by atoms with Crippen LogP contribution in [0.2, 0.25) is 0 Å². The molecular weight excluding hydrogens is 144 g/mol. The lowest BCUT2D eigenvalue weighted by Gasteiger charge is -2.23. The second kappa shape index (κ2) is 2.75. The van der Waals surface area contributed by atoms with Crippen molar-refractivity contribution in [1.82, 2.24) is 0 Å². The predicted octanol–water partition coefficient (Wildman–Crippen LogP) is 4.10. The highest BCUT2D eigenvalue weighted by Gasteiger charge is 2.69. The molecule has 0 aromatic rings. The van der Waals surface area contributed by atoms with Gasteiger partial charge in [0.05, 0.1) is 0 Å². The van der Waals surface area contributed by atoms with Crippen molar-refractivity contribution in [3.8, 4) is 0 Å². The largest absolute Gasteiger partial charge is 0.0648 e. The van der Waals surface area contributed by atoms with Gasteiger partial charge < -0.3 is 0 Å². The van der Waals surface area contributed by atoms with Crippen LogP contribution >= 0.6 is 0 Å². The quantitative estimate of drug-likeness (QED) is 0.595. The van der Waals surface area contributed by atoms with Crippen LogP contribution in [-0.2, 0) is 0 Å². The molecular formula is C12H24. The molecule has 0 radical (unpaired) electrons. The Morgan fingerprint density at radius 3 is 1.67 bits per heavy atom. The van der Waals surface area contributed by atoms with Gasteiger partial charge in [0.1, 0.15) is 0 Å². The van der Waals surface area contributed by atoms with Crippen molar-refractivity contribution in [2.45, 2.75) is 54.4 Å². The van der Waals surface area contributed by atoms with Crippen molar-refractivity contribution in [3.05, 3.63) is 0 Å². The second-order valence-corrected chi connectivity index (χ2v) is 5.02. The Balaban J connectivity index is 2.85. The zero-order chi connectivity index (χ0) is 9.57. The van der Waals surface area contributed by atoms with E-state index in [-0.39, 0.29) is 0 Å². The topological polar surface area (TPSA) is 0 Å². The summed E-state index contributed by atoms with van der Waals surface area (Å²) >= 11 is 0. The maximum atomic E-state index is 2.48. The lowest BCUT2D eigenvalue weighted by atomic mass is 9.82. The molecule has 0 aromatic carbocycles. The fourth-order valence-electron chi connectivity index (χ4n) is 3.75. The molecule has 0 heteroatoms. The predicted molar refractivity (Wildman–Crippen MR) is 55.1 cm³/mol. The number of hydrogen-bond donors (Lipinski definition) is 0. The summed E-state index contributed by atoms with van der Waals surface area (Å²) in [6, 6.07) is 0. The zero-order valence-electron chi connectivity index (χ0n) is 9.57. The van der Waals surface area contributed by atoms with Crippen molar-refractivity contribution in [2.75, 3.05) is 0 Å². The molecule has 0 amide bonds. The summed E-state index contributed by atoms with van der Waals surface area (Å²) in [6.45, 7) is 14.4. The van der Waals surface area contributed by atoms with Gasteiger partial charge in [0, 0.05) is 0 Å². The van der Waals surface area contributed by atoms with Crippen molar-refractivity contribution in [2.24, 2.45) is 22.7 Å². The lowest BCUT2D eigenvalue weighted by molar-refractivity contribution is 0.261. The third-order valence-electron chi connectivity index (χ3n) is 5.18. The minimum Gasteiger partial charge on any atom is -0.0648 e. The monoisotopic (exact) mass is 168 g/mol. The molecule has 0 saturated heterocycles. The Morgan fingerprint density at radius 2 is 1.58 bits per heavy atom. The van der Waals surface area contributed by atoms with Gasteiger partial charge in [-0.2, -0.15) is 0 Å². The Labute approximate surface area is 77.7 Å². The van der Waals surface area contributed by atoms with E-state index in [2.05, 4.69) is 41.5 Å². The fourth-order valence-corrected chi connectivity index (χ4v) is 3.75. The SMILES string of the molecule is CCC1(CC)C(C)C1(C)C(C)C. The molecule has 0 N–H and O–H groups in total. The first-order valence-corrected chi connectivity index (χ1v) is 5.47. The first kappa shape index (κ1) is 10.1. The molecule has 72 valence electrons. The van der Waals surface area contributed by atoms with Gasteiger partial charge in [0.15, 0.2) is 0 Å². The average molecular weight is 168 g/mol. The van der Waals surface area contributed by atoms with Crippen molar-refractivity contribution < 1.29 is 0 Å². The fraction of sp³-hybridized carbons (Fsp3) is 1.00. The molecule has 0 spiro atoms. The van der Waals surface area contributed by atoms with E-state index in [1.54, 1.807) is 0 Å². The molecule has 1 aliphatic rings. The summed E-state index contributed by atoms with van der Waals surface area (Å²) in [7, 11) is 0. The van der Waals surface area contributed by atoms with Gasteiger partial charge in [0.2, 0.25) is 0 Å². The van der Waals surface area contributed by atoms with E-state index in [9.17, 15) is 0 Å². The van der Waals surface area contributed by atoms with Crippen LogP contribution in [0.1, 0.15) is 54.4 Å². The molecule has 1 rings (SSSR count). The van der Waals surface area contributed by atoms with Gasteiger partial charge in [-0.3, -0.25) is 0 Å². The Kier molecular flexibility index (Phi) is 2.31. The normalized spacial score (nSPS) is 38.8. The van der Waals surface area contributed by atoms with Crippen LogP contribution in [0.4, 0.5) is 0 Å². The molecule has 0 nitrogen and oxygen atoms in total. The molecule has 2 unspecified atom stereocenters. The third kappa shape index (κ3) is 0.843. The molecule has 0 aromatic heterocycles. The summed E-state index contributed by atoms with van der Waals surface area (Å²) in [4.78, 5) is 0. The highest BCUT2D eigenvalue weighted by atomic mass is 14.7. The maximum Gasteiger partial charge on any atom is -0.0212 e. The molecule has 1 saturated carbocycles. The third-order valence-corrected chi connectivity index (χ3v) is 5.18. The Bertz CT molecular complexity index is 161. The van der Waals surface area contributed by atoms with Crippen LogP contribution in [0.15, 0.2) is 0 Å². The summed E-state index contributed by atoms with van der Waals surface area (Å²) < 4.78 is 0. The van der Waals surface area contributed by atoms with Gasteiger partial charge in [-0.1, -0.05) is 41.5 Å². The van der Waals surface area contributed by atoms with E-state index >= 15 is 0 Å². The Morgan fingerprint density at radius 1 is 1.17 bits per heavy atom. The molecule has 1 fully saturated rings. The molecule has 0 aliphatic heterocycles. The van der Waals surface area contributed by atoms with E-state index in [0.29, 0.717) is 10.8 Å². The van der Waals surface area contributed by atoms with Gasteiger partial charge in [-0.05, 0) is 35.5 Å². The highest BCUT2D eigenvalue weighted by molar-refractivity contribution is 5.17. The second-order valence-electron chi connectivity index (χ2n) is 5.02.